The van der Waals surface area contributed by atoms with E-state index in [1.165, 1.54) is 20.1 Å². The molecule has 64 valence electrons. The average Bonchev–Trinajstić information content (AvgIpc) is 2.03. The van der Waals surface area contributed by atoms with Gasteiger partial charge in [-0.25, -0.2) is 4.98 Å². The van der Waals surface area contributed by atoms with E-state index >= 15 is 0 Å². The first kappa shape index (κ1) is 8.93. The number of Topliss-reactive ketones (excluding diaryl/α,β-unsaturated/α-hetero) is 1. The van der Waals surface area contributed by atoms with Gasteiger partial charge in [0.25, 0.3) is 0 Å². The van der Waals surface area contributed by atoms with Crippen LogP contribution in [0.1, 0.15) is 17.4 Å². The monoisotopic (exact) mass is 186 g/mol. The molecule has 4 nitrogen and oxygen atoms in total. The lowest BCUT2D eigenvalue weighted by Crippen LogP contribution is -2.00. The van der Waals surface area contributed by atoms with Gasteiger partial charge < -0.3 is 4.74 Å². The van der Waals surface area contributed by atoms with Gasteiger partial charge in [-0.1, -0.05) is 0 Å². The van der Waals surface area contributed by atoms with Crippen molar-refractivity contribution in [3.8, 4) is 5.88 Å². The number of hydrogen-bond acceptors (Lipinski definition) is 4. The first-order chi connectivity index (χ1) is 5.63. The molecule has 0 aliphatic rings. The van der Waals surface area contributed by atoms with E-state index in [4.69, 9.17) is 16.3 Å². The molecular formula is C7H7ClN2O2. The Labute approximate surface area is 74.5 Å². The maximum Gasteiger partial charge on any atom is 0.226 e. The van der Waals surface area contributed by atoms with Crippen molar-refractivity contribution in [2.45, 2.75) is 6.92 Å². The zero-order valence-electron chi connectivity index (χ0n) is 6.67. The Bertz CT molecular complexity index is 314. The van der Waals surface area contributed by atoms with Crippen molar-refractivity contribution in [1.82, 2.24) is 9.97 Å². The van der Waals surface area contributed by atoms with E-state index in [1.807, 2.05) is 0 Å². The Balaban J connectivity index is 3.15. The van der Waals surface area contributed by atoms with Gasteiger partial charge in [0.15, 0.2) is 5.78 Å². The molecule has 0 aliphatic heterocycles. The SMILES string of the molecule is COc1cc(C(C)=O)nc(Cl)n1. The topological polar surface area (TPSA) is 52.1 Å². The van der Waals surface area contributed by atoms with E-state index in [9.17, 15) is 4.79 Å². The zero-order valence-corrected chi connectivity index (χ0v) is 7.42. The minimum absolute atomic E-state index is 0.0135. The summed E-state index contributed by atoms with van der Waals surface area (Å²) >= 11 is 5.52. The van der Waals surface area contributed by atoms with E-state index in [0.29, 0.717) is 5.88 Å². The van der Waals surface area contributed by atoms with Gasteiger partial charge in [0, 0.05) is 13.0 Å². The fourth-order valence-electron chi connectivity index (χ4n) is 0.682. The molecule has 0 unspecified atom stereocenters. The Morgan fingerprint density at radius 3 is 2.75 bits per heavy atom. The van der Waals surface area contributed by atoms with Crippen LogP contribution in [0.4, 0.5) is 0 Å². The molecule has 0 bridgehead atoms. The largest absolute Gasteiger partial charge is 0.481 e. The summed E-state index contributed by atoms with van der Waals surface area (Å²) in [4.78, 5) is 18.3. The van der Waals surface area contributed by atoms with Crippen molar-refractivity contribution < 1.29 is 9.53 Å². The second-order valence-electron chi connectivity index (χ2n) is 2.12. The highest BCUT2D eigenvalue weighted by molar-refractivity contribution is 6.28. The lowest BCUT2D eigenvalue weighted by molar-refractivity contribution is 0.101. The highest BCUT2D eigenvalue weighted by atomic mass is 35.5. The van der Waals surface area contributed by atoms with Crippen LogP contribution in [0.3, 0.4) is 0 Å². The van der Waals surface area contributed by atoms with Crippen molar-refractivity contribution in [2.75, 3.05) is 7.11 Å². The summed E-state index contributed by atoms with van der Waals surface area (Å²) in [6.45, 7) is 1.40. The summed E-state index contributed by atoms with van der Waals surface area (Å²) in [6.07, 6.45) is 0. The number of carbonyl (C=O) groups excluding carboxylic acids is 1. The van der Waals surface area contributed by atoms with Gasteiger partial charge in [-0.2, -0.15) is 4.98 Å². The summed E-state index contributed by atoms with van der Waals surface area (Å²) in [5.74, 6) is 0.123. The molecule has 0 saturated carbocycles. The van der Waals surface area contributed by atoms with Gasteiger partial charge in [0.1, 0.15) is 5.69 Å². The summed E-state index contributed by atoms with van der Waals surface area (Å²) in [5, 5.41) is 0.0135. The van der Waals surface area contributed by atoms with Crippen LogP contribution in [0.2, 0.25) is 5.28 Å². The Morgan fingerprint density at radius 2 is 2.25 bits per heavy atom. The molecule has 0 atom stereocenters. The molecule has 0 saturated heterocycles. The maximum absolute atomic E-state index is 10.9. The molecule has 5 heteroatoms. The first-order valence-electron chi connectivity index (χ1n) is 3.23. The molecule has 1 heterocycles. The van der Waals surface area contributed by atoms with E-state index < -0.39 is 0 Å². The molecule has 12 heavy (non-hydrogen) atoms. The predicted octanol–water partition coefficient (Wildman–Crippen LogP) is 1.34. The second kappa shape index (κ2) is 3.49. The van der Waals surface area contributed by atoms with Crippen LogP contribution in [-0.2, 0) is 0 Å². The molecule has 0 amide bonds. The van der Waals surface area contributed by atoms with Gasteiger partial charge in [0.2, 0.25) is 11.2 Å². The first-order valence-corrected chi connectivity index (χ1v) is 3.61. The third-order valence-electron chi connectivity index (χ3n) is 1.25. The van der Waals surface area contributed by atoms with Crippen LogP contribution in [0.5, 0.6) is 5.88 Å². The van der Waals surface area contributed by atoms with Crippen molar-refractivity contribution in [1.29, 1.82) is 0 Å². The van der Waals surface area contributed by atoms with Crippen LogP contribution in [0.25, 0.3) is 0 Å². The zero-order chi connectivity index (χ0) is 9.14. The summed E-state index contributed by atoms with van der Waals surface area (Å²) < 4.78 is 4.80. The number of ketones is 1. The summed E-state index contributed by atoms with van der Waals surface area (Å²) in [6, 6.07) is 1.44. The Hall–Kier alpha value is -1.16. The molecule has 1 aromatic rings. The minimum Gasteiger partial charge on any atom is -0.481 e. The van der Waals surface area contributed by atoms with Gasteiger partial charge in [0.05, 0.1) is 7.11 Å². The van der Waals surface area contributed by atoms with E-state index in [0.717, 1.165) is 0 Å². The molecule has 1 aromatic heterocycles. The normalized spacial score (nSPS) is 9.58. The molecule has 0 spiro atoms. The number of carbonyl (C=O) groups is 1. The van der Waals surface area contributed by atoms with Crippen molar-refractivity contribution in [3.05, 3.63) is 17.0 Å². The molecule has 0 aromatic carbocycles. The standard InChI is InChI=1S/C7H7ClN2O2/c1-4(11)5-3-6(12-2)10-7(8)9-5/h3H,1-2H3. The predicted molar refractivity (Wildman–Crippen MR) is 43.6 cm³/mol. The van der Waals surface area contributed by atoms with E-state index in [2.05, 4.69) is 9.97 Å². The molecule has 0 aliphatic carbocycles. The smallest absolute Gasteiger partial charge is 0.226 e. The Morgan fingerprint density at radius 1 is 1.58 bits per heavy atom. The number of rotatable bonds is 2. The molecule has 0 N–H and O–H groups in total. The fourth-order valence-corrected chi connectivity index (χ4v) is 0.856. The van der Waals surface area contributed by atoms with Gasteiger partial charge in [-0.05, 0) is 11.6 Å². The van der Waals surface area contributed by atoms with E-state index in [-0.39, 0.29) is 16.8 Å². The highest BCUT2D eigenvalue weighted by Crippen LogP contribution is 2.12. The second-order valence-corrected chi connectivity index (χ2v) is 2.46. The number of ether oxygens (including phenoxy) is 1. The molecule has 0 radical (unpaired) electrons. The van der Waals surface area contributed by atoms with Crippen LogP contribution in [-0.4, -0.2) is 22.9 Å². The summed E-state index contributed by atoms with van der Waals surface area (Å²) in [5.41, 5.74) is 0.256. The maximum atomic E-state index is 10.9. The highest BCUT2D eigenvalue weighted by Gasteiger charge is 2.06. The molecular weight excluding hydrogens is 180 g/mol. The quantitative estimate of drug-likeness (QED) is 0.517. The number of hydrogen-bond donors (Lipinski definition) is 0. The van der Waals surface area contributed by atoms with Crippen LogP contribution >= 0.6 is 11.6 Å². The number of methoxy groups -OCH3 is 1. The Kier molecular flexibility index (Phi) is 2.60. The fraction of sp³-hybridized carbons (Fsp3) is 0.286. The molecule has 1 rings (SSSR count). The third kappa shape index (κ3) is 1.92. The van der Waals surface area contributed by atoms with Crippen LogP contribution < -0.4 is 4.74 Å². The average molecular weight is 187 g/mol. The van der Waals surface area contributed by atoms with Gasteiger partial charge in [-0.3, -0.25) is 4.79 Å². The third-order valence-corrected chi connectivity index (χ3v) is 1.41. The number of aromatic nitrogens is 2. The van der Waals surface area contributed by atoms with Crippen molar-refractivity contribution in [3.63, 3.8) is 0 Å². The number of halogens is 1. The van der Waals surface area contributed by atoms with Gasteiger partial charge in [-0.15, -0.1) is 0 Å². The lowest BCUT2D eigenvalue weighted by atomic mass is 10.3. The summed E-state index contributed by atoms with van der Waals surface area (Å²) in [7, 11) is 1.45. The minimum atomic E-state index is -0.169. The van der Waals surface area contributed by atoms with Crippen LogP contribution in [0.15, 0.2) is 6.07 Å². The lowest BCUT2D eigenvalue weighted by Gasteiger charge is -2.00. The van der Waals surface area contributed by atoms with Gasteiger partial charge >= 0.3 is 0 Å². The van der Waals surface area contributed by atoms with E-state index in [1.54, 1.807) is 0 Å². The molecule has 0 fully saturated rings. The van der Waals surface area contributed by atoms with Crippen molar-refractivity contribution in [2.24, 2.45) is 0 Å². The van der Waals surface area contributed by atoms with Crippen molar-refractivity contribution >= 4 is 17.4 Å². The number of nitrogens with zero attached hydrogens (tertiary/aromatic N) is 2. The van der Waals surface area contributed by atoms with Crippen LogP contribution in [0, 0.1) is 0 Å².